The molecule has 1 aromatic heterocycles. The van der Waals surface area contributed by atoms with Gasteiger partial charge in [0.25, 0.3) is 0 Å². The molecule has 1 rings (SSSR count). The number of nitrogens with two attached hydrogens (primary N) is 1. The van der Waals surface area contributed by atoms with Crippen molar-refractivity contribution in [1.29, 1.82) is 0 Å². The summed E-state index contributed by atoms with van der Waals surface area (Å²) in [6.07, 6.45) is 1.67. The quantitative estimate of drug-likeness (QED) is 0.916. The van der Waals surface area contributed by atoms with Crippen LogP contribution in [0.2, 0.25) is 0 Å². The summed E-state index contributed by atoms with van der Waals surface area (Å²) in [5.41, 5.74) is 5.54. The summed E-state index contributed by atoms with van der Waals surface area (Å²) in [6.45, 7) is 5.39. The Labute approximate surface area is 104 Å². The Hall–Kier alpha value is -0.560. The van der Waals surface area contributed by atoms with Crippen LogP contribution in [0.4, 0.5) is 5.82 Å². The average molecular weight is 310 g/mol. The summed E-state index contributed by atoms with van der Waals surface area (Å²) in [7, 11) is -3.12. The zero-order valence-corrected chi connectivity index (χ0v) is 12.0. The molecule has 0 aliphatic carbocycles. The van der Waals surface area contributed by atoms with Crippen LogP contribution in [0.1, 0.15) is 20.8 Å². The fourth-order valence-corrected chi connectivity index (χ4v) is 2.40. The summed E-state index contributed by atoms with van der Waals surface area (Å²) in [5, 5.41) is 3.98. The fraction of sp³-hybridized carbons (Fsp3) is 0.667. The third-order valence-corrected chi connectivity index (χ3v) is 5.46. The molecule has 0 aliphatic rings. The Morgan fingerprint density at radius 2 is 2.06 bits per heavy atom. The molecular formula is C9H16BrN3O2S. The number of anilines is 1. The van der Waals surface area contributed by atoms with E-state index in [9.17, 15) is 8.42 Å². The number of rotatable bonds is 3. The molecule has 2 N–H and O–H groups in total. The van der Waals surface area contributed by atoms with Crippen LogP contribution in [0.25, 0.3) is 0 Å². The third-order valence-electron chi connectivity index (χ3n) is 2.27. The predicted octanol–water partition coefficient (Wildman–Crippen LogP) is 1.44. The lowest BCUT2D eigenvalue weighted by Gasteiger charge is -2.18. The van der Waals surface area contributed by atoms with Crippen molar-refractivity contribution in [2.45, 2.75) is 32.1 Å². The SMILES string of the molecule is CC(C)(C)S(=O)(=O)CCn1cc(Br)c(N)n1. The van der Waals surface area contributed by atoms with Crippen LogP contribution in [0.5, 0.6) is 0 Å². The van der Waals surface area contributed by atoms with Crippen LogP contribution in [-0.4, -0.2) is 28.7 Å². The monoisotopic (exact) mass is 309 g/mol. The minimum atomic E-state index is -3.12. The standard InChI is InChI=1S/C9H16BrN3O2S/c1-9(2,3)16(14,15)5-4-13-6-7(10)8(11)12-13/h6H,4-5H2,1-3H3,(H2,11,12). The first-order chi connectivity index (χ1) is 7.13. The number of hydrogen-bond acceptors (Lipinski definition) is 4. The van der Waals surface area contributed by atoms with Gasteiger partial charge < -0.3 is 5.73 Å². The van der Waals surface area contributed by atoms with Crippen molar-refractivity contribution in [3.05, 3.63) is 10.7 Å². The topological polar surface area (TPSA) is 78.0 Å². The van der Waals surface area contributed by atoms with Gasteiger partial charge in [0.15, 0.2) is 15.7 Å². The maximum absolute atomic E-state index is 11.8. The van der Waals surface area contributed by atoms with E-state index in [-0.39, 0.29) is 5.75 Å². The first kappa shape index (κ1) is 13.5. The van der Waals surface area contributed by atoms with Crippen LogP contribution >= 0.6 is 15.9 Å². The second kappa shape index (κ2) is 4.37. The Morgan fingerprint density at radius 3 is 2.44 bits per heavy atom. The molecule has 0 amide bonds. The normalized spacial score (nSPS) is 13.0. The highest BCUT2D eigenvalue weighted by molar-refractivity contribution is 9.10. The van der Waals surface area contributed by atoms with E-state index in [1.807, 2.05) is 0 Å². The zero-order valence-electron chi connectivity index (χ0n) is 9.57. The van der Waals surface area contributed by atoms with Gasteiger partial charge in [0.05, 0.1) is 21.5 Å². The van der Waals surface area contributed by atoms with Crippen molar-refractivity contribution in [2.75, 3.05) is 11.5 Å². The van der Waals surface area contributed by atoms with Crippen molar-refractivity contribution in [1.82, 2.24) is 9.78 Å². The zero-order chi connectivity index (χ0) is 12.6. The van der Waals surface area contributed by atoms with Crippen molar-refractivity contribution >= 4 is 31.6 Å². The molecule has 1 heterocycles. The predicted molar refractivity (Wildman–Crippen MR) is 67.9 cm³/mol. The number of halogens is 1. The molecule has 7 heteroatoms. The highest BCUT2D eigenvalue weighted by Crippen LogP contribution is 2.18. The highest BCUT2D eigenvalue weighted by atomic mass is 79.9. The van der Waals surface area contributed by atoms with E-state index in [0.29, 0.717) is 16.8 Å². The summed E-state index contributed by atoms with van der Waals surface area (Å²) in [6, 6.07) is 0. The molecular weight excluding hydrogens is 294 g/mol. The van der Waals surface area contributed by atoms with Crippen LogP contribution in [-0.2, 0) is 16.4 Å². The van der Waals surface area contributed by atoms with Gasteiger partial charge in [-0.2, -0.15) is 5.10 Å². The summed E-state index contributed by atoms with van der Waals surface area (Å²) < 4.78 is 25.1. The molecule has 0 atom stereocenters. The Morgan fingerprint density at radius 1 is 1.50 bits per heavy atom. The van der Waals surface area contributed by atoms with Crippen LogP contribution in [0.3, 0.4) is 0 Å². The second-order valence-corrected chi connectivity index (χ2v) is 8.27. The first-order valence-corrected chi connectivity index (χ1v) is 7.29. The highest BCUT2D eigenvalue weighted by Gasteiger charge is 2.28. The molecule has 0 aromatic carbocycles. The lowest BCUT2D eigenvalue weighted by atomic mass is 10.3. The molecule has 0 saturated carbocycles. The van der Waals surface area contributed by atoms with Gasteiger partial charge in [-0.1, -0.05) is 0 Å². The Kier molecular flexibility index (Phi) is 3.69. The molecule has 0 unspecified atom stereocenters. The lowest BCUT2D eigenvalue weighted by Crippen LogP contribution is -2.32. The first-order valence-electron chi connectivity index (χ1n) is 4.84. The summed E-state index contributed by atoms with van der Waals surface area (Å²) in [4.78, 5) is 0. The molecule has 16 heavy (non-hydrogen) atoms. The van der Waals surface area contributed by atoms with Crippen molar-refractivity contribution < 1.29 is 8.42 Å². The van der Waals surface area contributed by atoms with E-state index < -0.39 is 14.6 Å². The molecule has 5 nitrogen and oxygen atoms in total. The second-order valence-electron chi connectivity index (χ2n) is 4.56. The van der Waals surface area contributed by atoms with E-state index in [4.69, 9.17) is 5.73 Å². The number of aryl methyl sites for hydroxylation is 1. The molecule has 0 radical (unpaired) electrons. The van der Waals surface area contributed by atoms with Crippen molar-refractivity contribution in [3.8, 4) is 0 Å². The van der Waals surface area contributed by atoms with Gasteiger partial charge in [-0.05, 0) is 36.7 Å². The summed E-state index contributed by atoms with van der Waals surface area (Å²) >= 11 is 3.22. The number of aromatic nitrogens is 2. The minimum absolute atomic E-state index is 0.0596. The molecule has 0 fully saturated rings. The van der Waals surface area contributed by atoms with E-state index in [2.05, 4.69) is 21.0 Å². The van der Waals surface area contributed by atoms with Gasteiger partial charge in [0.2, 0.25) is 0 Å². The van der Waals surface area contributed by atoms with Gasteiger partial charge >= 0.3 is 0 Å². The largest absolute Gasteiger partial charge is 0.381 e. The van der Waals surface area contributed by atoms with Crippen molar-refractivity contribution in [3.63, 3.8) is 0 Å². The van der Waals surface area contributed by atoms with Gasteiger partial charge in [0, 0.05) is 6.20 Å². The number of hydrogen-bond donors (Lipinski definition) is 1. The molecule has 0 bridgehead atoms. The van der Waals surface area contributed by atoms with E-state index >= 15 is 0 Å². The maximum Gasteiger partial charge on any atom is 0.159 e. The molecule has 1 aromatic rings. The Bertz CT molecular complexity index is 454. The summed E-state index contributed by atoms with van der Waals surface area (Å²) in [5.74, 6) is 0.428. The number of nitrogen functional groups attached to an aromatic ring is 1. The van der Waals surface area contributed by atoms with Gasteiger partial charge in [-0.3, -0.25) is 4.68 Å². The van der Waals surface area contributed by atoms with Crippen LogP contribution in [0.15, 0.2) is 10.7 Å². The van der Waals surface area contributed by atoms with Crippen LogP contribution in [0, 0.1) is 0 Å². The van der Waals surface area contributed by atoms with E-state index in [0.717, 1.165) is 0 Å². The molecule has 0 aliphatic heterocycles. The van der Waals surface area contributed by atoms with E-state index in [1.165, 1.54) is 4.68 Å². The average Bonchev–Trinajstić information content (AvgIpc) is 2.41. The fourth-order valence-electron chi connectivity index (χ4n) is 1.05. The Balaban J connectivity index is 2.73. The molecule has 0 spiro atoms. The number of sulfone groups is 1. The molecule has 92 valence electrons. The van der Waals surface area contributed by atoms with Gasteiger partial charge in [-0.25, -0.2) is 8.42 Å². The third kappa shape index (κ3) is 2.98. The smallest absolute Gasteiger partial charge is 0.159 e. The van der Waals surface area contributed by atoms with Gasteiger partial charge in [0.1, 0.15) is 0 Å². The minimum Gasteiger partial charge on any atom is -0.381 e. The molecule has 0 saturated heterocycles. The van der Waals surface area contributed by atoms with Gasteiger partial charge in [-0.15, -0.1) is 0 Å². The maximum atomic E-state index is 11.8. The number of nitrogens with zero attached hydrogens (tertiary/aromatic N) is 2. The van der Waals surface area contributed by atoms with E-state index in [1.54, 1.807) is 27.0 Å². The van der Waals surface area contributed by atoms with Crippen LogP contribution < -0.4 is 5.73 Å². The lowest BCUT2D eigenvalue weighted by molar-refractivity contribution is 0.548. The van der Waals surface area contributed by atoms with Crippen molar-refractivity contribution in [2.24, 2.45) is 0 Å².